The molecule has 0 fully saturated rings. The van der Waals surface area contributed by atoms with Crippen LogP contribution in [0.5, 0.6) is 0 Å². The minimum Gasteiger partial charge on any atom is -0.478 e. The number of aromatic carboxylic acids is 1. The number of carbonyl (C=O) groups is 2. The molecule has 0 bridgehead atoms. The summed E-state index contributed by atoms with van der Waals surface area (Å²) in [6.45, 7) is 1.85. The molecule has 18 heavy (non-hydrogen) atoms. The van der Waals surface area contributed by atoms with Gasteiger partial charge in [-0.2, -0.15) is 5.26 Å². The van der Waals surface area contributed by atoms with E-state index in [4.69, 9.17) is 10.4 Å². The maximum Gasteiger partial charge on any atom is 0.337 e. The summed E-state index contributed by atoms with van der Waals surface area (Å²) in [5, 5.41) is 17.3. The number of hydrogen-bond donors (Lipinski definition) is 1. The van der Waals surface area contributed by atoms with E-state index >= 15 is 0 Å². The van der Waals surface area contributed by atoms with E-state index in [-0.39, 0.29) is 23.6 Å². The van der Waals surface area contributed by atoms with E-state index in [1.807, 2.05) is 6.07 Å². The molecule has 1 rings (SSSR count). The second-order valence-electron chi connectivity index (χ2n) is 3.77. The maximum atomic E-state index is 11.9. The largest absolute Gasteiger partial charge is 0.478 e. The molecular weight excluding hydrogens is 234 g/mol. The summed E-state index contributed by atoms with van der Waals surface area (Å²) in [5.41, 5.74) is 0.547. The molecule has 1 aromatic rings. The Morgan fingerprint density at radius 2 is 2.17 bits per heavy atom. The molecule has 0 aliphatic carbocycles. The Balaban J connectivity index is 2.91. The number of pyridine rings is 1. The molecule has 6 nitrogen and oxygen atoms in total. The van der Waals surface area contributed by atoms with Crippen molar-refractivity contribution in [3.8, 4) is 6.07 Å². The molecule has 0 atom stereocenters. The first kappa shape index (κ1) is 13.6. The van der Waals surface area contributed by atoms with Crippen molar-refractivity contribution in [2.45, 2.75) is 13.3 Å². The van der Waals surface area contributed by atoms with Crippen molar-refractivity contribution >= 4 is 11.9 Å². The Hall–Kier alpha value is -2.42. The Kier molecular flexibility index (Phi) is 4.38. The van der Waals surface area contributed by atoms with Gasteiger partial charge in [0.05, 0.1) is 23.7 Å². The number of nitrogens with zero attached hydrogens (tertiary/aromatic N) is 3. The predicted molar refractivity (Wildman–Crippen MR) is 63.1 cm³/mol. The highest BCUT2D eigenvalue weighted by atomic mass is 16.4. The highest BCUT2D eigenvalue weighted by Gasteiger charge is 2.15. The lowest BCUT2D eigenvalue weighted by molar-refractivity contribution is 0.0693. The molecule has 1 N–H and O–H groups in total. The topological polar surface area (TPSA) is 94.3 Å². The Morgan fingerprint density at radius 3 is 2.67 bits per heavy atom. The first-order valence-electron chi connectivity index (χ1n) is 5.30. The average molecular weight is 247 g/mol. The van der Waals surface area contributed by atoms with Crippen LogP contribution in [0.1, 0.15) is 33.0 Å². The number of nitriles is 1. The van der Waals surface area contributed by atoms with Crippen LogP contribution in [0, 0.1) is 18.3 Å². The summed E-state index contributed by atoms with van der Waals surface area (Å²) in [6, 6.07) is 4.68. The molecule has 1 amide bonds. The third kappa shape index (κ3) is 3.04. The molecule has 6 heteroatoms. The number of carboxylic acids is 1. The molecule has 94 valence electrons. The van der Waals surface area contributed by atoms with E-state index in [0.29, 0.717) is 12.2 Å². The van der Waals surface area contributed by atoms with E-state index in [1.54, 1.807) is 7.05 Å². The van der Waals surface area contributed by atoms with Gasteiger partial charge in [-0.1, -0.05) is 0 Å². The summed E-state index contributed by atoms with van der Waals surface area (Å²) in [6.07, 6.45) is 0.244. The fourth-order valence-corrected chi connectivity index (χ4v) is 1.42. The van der Waals surface area contributed by atoms with E-state index in [0.717, 1.165) is 0 Å². The molecule has 0 aromatic carbocycles. The number of aryl methyl sites for hydroxylation is 1. The van der Waals surface area contributed by atoms with Crippen molar-refractivity contribution in [3.05, 3.63) is 29.1 Å². The van der Waals surface area contributed by atoms with Crippen LogP contribution >= 0.6 is 0 Å². The molecular formula is C12H13N3O3. The molecule has 1 heterocycles. The summed E-state index contributed by atoms with van der Waals surface area (Å²) >= 11 is 0. The quantitative estimate of drug-likeness (QED) is 0.858. The van der Waals surface area contributed by atoms with Gasteiger partial charge < -0.3 is 10.0 Å². The van der Waals surface area contributed by atoms with Gasteiger partial charge in [0.25, 0.3) is 5.91 Å². The van der Waals surface area contributed by atoms with Crippen molar-refractivity contribution in [2.24, 2.45) is 0 Å². The van der Waals surface area contributed by atoms with Crippen LogP contribution in [0.15, 0.2) is 12.1 Å². The summed E-state index contributed by atoms with van der Waals surface area (Å²) in [5.74, 6) is -1.40. The van der Waals surface area contributed by atoms with Gasteiger partial charge in [-0.15, -0.1) is 0 Å². The molecule has 0 spiro atoms. The summed E-state index contributed by atoms with van der Waals surface area (Å²) in [7, 11) is 1.57. The Bertz CT molecular complexity index is 520. The SMILES string of the molecule is Cc1nc(C(=O)N(C)CCC#N)ccc1C(=O)O. The molecule has 0 saturated heterocycles. The maximum absolute atomic E-state index is 11.9. The number of rotatable bonds is 4. The second-order valence-corrected chi connectivity index (χ2v) is 3.77. The van der Waals surface area contributed by atoms with Crippen LogP contribution in [0.4, 0.5) is 0 Å². The van der Waals surface area contributed by atoms with Crippen LogP contribution in [0.3, 0.4) is 0 Å². The standard InChI is InChI=1S/C12H13N3O3/c1-8-9(12(17)18)4-5-10(14-8)11(16)15(2)7-3-6-13/h4-5H,3,7H2,1-2H3,(H,17,18). The monoisotopic (exact) mass is 247 g/mol. The van der Waals surface area contributed by atoms with Crippen molar-refractivity contribution in [1.82, 2.24) is 9.88 Å². The Morgan fingerprint density at radius 1 is 1.50 bits per heavy atom. The fraction of sp³-hybridized carbons (Fsp3) is 0.333. The number of aromatic nitrogens is 1. The Labute approximate surface area is 104 Å². The van der Waals surface area contributed by atoms with E-state index < -0.39 is 5.97 Å². The van der Waals surface area contributed by atoms with Crippen LogP contribution < -0.4 is 0 Å². The molecule has 1 aromatic heterocycles. The number of amides is 1. The second kappa shape index (κ2) is 5.77. The van der Waals surface area contributed by atoms with Gasteiger partial charge in [-0.25, -0.2) is 9.78 Å². The molecule has 0 unspecified atom stereocenters. The first-order chi connectivity index (χ1) is 8.47. The van der Waals surface area contributed by atoms with Gasteiger partial charge in [-0.05, 0) is 19.1 Å². The first-order valence-corrected chi connectivity index (χ1v) is 5.30. The van der Waals surface area contributed by atoms with Crippen molar-refractivity contribution in [1.29, 1.82) is 5.26 Å². The van der Waals surface area contributed by atoms with Crippen LogP contribution in [0.2, 0.25) is 0 Å². The van der Waals surface area contributed by atoms with Crippen molar-refractivity contribution in [2.75, 3.05) is 13.6 Å². The third-order valence-electron chi connectivity index (χ3n) is 2.44. The number of hydrogen-bond acceptors (Lipinski definition) is 4. The van der Waals surface area contributed by atoms with Crippen molar-refractivity contribution in [3.63, 3.8) is 0 Å². The van der Waals surface area contributed by atoms with Crippen LogP contribution in [-0.2, 0) is 0 Å². The van der Waals surface area contributed by atoms with Gasteiger partial charge >= 0.3 is 5.97 Å². The van der Waals surface area contributed by atoms with E-state index in [9.17, 15) is 9.59 Å². The number of carbonyl (C=O) groups excluding carboxylic acids is 1. The minimum atomic E-state index is -1.07. The zero-order chi connectivity index (χ0) is 13.7. The van der Waals surface area contributed by atoms with Gasteiger partial charge in [0.15, 0.2) is 0 Å². The average Bonchev–Trinajstić information content (AvgIpc) is 2.34. The lowest BCUT2D eigenvalue weighted by atomic mass is 10.2. The molecule has 0 radical (unpaired) electrons. The lowest BCUT2D eigenvalue weighted by Gasteiger charge is -2.15. The highest BCUT2D eigenvalue weighted by Crippen LogP contribution is 2.08. The highest BCUT2D eigenvalue weighted by molar-refractivity contribution is 5.94. The minimum absolute atomic E-state index is 0.0752. The lowest BCUT2D eigenvalue weighted by Crippen LogP contribution is -2.28. The van der Waals surface area contributed by atoms with Crippen LogP contribution in [0.25, 0.3) is 0 Å². The molecule has 0 saturated carbocycles. The summed E-state index contributed by atoms with van der Waals surface area (Å²) in [4.78, 5) is 28.0. The van der Waals surface area contributed by atoms with Crippen LogP contribution in [-0.4, -0.2) is 40.5 Å². The molecule has 0 aliphatic rings. The zero-order valence-electron chi connectivity index (χ0n) is 10.2. The van der Waals surface area contributed by atoms with Crippen molar-refractivity contribution < 1.29 is 14.7 Å². The predicted octanol–water partition coefficient (Wildman–Crippen LogP) is 1.07. The van der Waals surface area contributed by atoms with E-state index in [1.165, 1.54) is 24.0 Å². The van der Waals surface area contributed by atoms with Gasteiger partial charge in [-0.3, -0.25) is 4.79 Å². The van der Waals surface area contributed by atoms with Gasteiger partial charge in [0.1, 0.15) is 5.69 Å². The normalized spacial score (nSPS) is 9.61. The number of carboxylic acid groups (broad SMARTS) is 1. The zero-order valence-corrected chi connectivity index (χ0v) is 10.2. The fourth-order valence-electron chi connectivity index (χ4n) is 1.42. The third-order valence-corrected chi connectivity index (χ3v) is 2.44. The summed E-state index contributed by atoms with van der Waals surface area (Å²) < 4.78 is 0. The van der Waals surface area contributed by atoms with E-state index in [2.05, 4.69) is 4.98 Å². The van der Waals surface area contributed by atoms with Gasteiger partial charge in [0, 0.05) is 13.6 Å². The molecule has 0 aliphatic heterocycles. The van der Waals surface area contributed by atoms with Gasteiger partial charge in [0.2, 0.25) is 0 Å². The smallest absolute Gasteiger partial charge is 0.337 e.